The molecule has 1 saturated carbocycles. The van der Waals surface area contributed by atoms with E-state index in [1.807, 2.05) is 6.07 Å². The van der Waals surface area contributed by atoms with Crippen LogP contribution >= 0.6 is 11.3 Å². The lowest BCUT2D eigenvalue weighted by atomic mass is 9.93. The molecule has 0 spiro atoms. The van der Waals surface area contributed by atoms with Crippen molar-refractivity contribution in [3.63, 3.8) is 0 Å². The van der Waals surface area contributed by atoms with Gasteiger partial charge in [0.05, 0.1) is 0 Å². The fourth-order valence-corrected chi connectivity index (χ4v) is 2.84. The van der Waals surface area contributed by atoms with E-state index in [1.54, 1.807) is 11.3 Å². The molecule has 0 amide bonds. The largest absolute Gasteiger partial charge is 0.303 e. The van der Waals surface area contributed by atoms with Crippen molar-refractivity contribution in [1.29, 1.82) is 0 Å². The molecule has 1 aliphatic rings. The molecule has 1 nitrogen and oxygen atoms in total. The summed E-state index contributed by atoms with van der Waals surface area (Å²) in [5, 5.41) is 2.07. The van der Waals surface area contributed by atoms with Gasteiger partial charge < -0.3 is 4.79 Å². The van der Waals surface area contributed by atoms with Crippen molar-refractivity contribution >= 4 is 17.6 Å². The van der Waals surface area contributed by atoms with Crippen LogP contribution in [0.1, 0.15) is 25.1 Å². The summed E-state index contributed by atoms with van der Waals surface area (Å²) in [7, 11) is 0. The summed E-state index contributed by atoms with van der Waals surface area (Å²) in [6.45, 7) is 4.35. The molecule has 13 heavy (non-hydrogen) atoms. The van der Waals surface area contributed by atoms with Gasteiger partial charge in [-0.3, -0.25) is 0 Å². The van der Waals surface area contributed by atoms with Crippen LogP contribution in [0.15, 0.2) is 17.5 Å². The molecule has 1 fully saturated rings. The predicted octanol–water partition coefficient (Wildman–Crippen LogP) is 2.91. The quantitative estimate of drug-likeness (QED) is 0.676. The first-order chi connectivity index (χ1) is 6.10. The van der Waals surface area contributed by atoms with Gasteiger partial charge in [0.2, 0.25) is 0 Å². The van der Waals surface area contributed by atoms with Gasteiger partial charge in [0.25, 0.3) is 0 Å². The van der Waals surface area contributed by atoms with Crippen molar-refractivity contribution in [3.05, 3.63) is 22.4 Å². The van der Waals surface area contributed by atoms with Gasteiger partial charge in [-0.15, -0.1) is 11.3 Å². The minimum Gasteiger partial charge on any atom is -0.303 e. The van der Waals surface area contributed by atoms with E-state index in [0.717, 1.165) is 19.1 Å². The first kappa shape index (κ1) is 8.95. The van der Waals surface area contributed by atoms with Gasteiger partial charge in [0.1, 0.15) is 6.29 Å². The van der Waals surface area contributed by atoms with Crippen LogP contribution in [0.25, 0.3) is 0 Å². The van der Waals surface area contributed by atoms with Crippen LogP contribution in [0, 0.1) is 10.8 Å². The van der Waals surface area contributed by atoms with Crippen LogP contribution in [0.5, 0.6) is 0 Å². The molecule has 70 valence electrons. The molecule has 1 unspecified atom stereocenters. The van der Waals surface area contributed by atoms with E-state index in [-0.39, 0.29) is 10.8 Å². The standard InChI is InChI=1S/C11H14OS/c1-10(2)7-11(10,8-12)6-9-4-3-5-13-9/h3-5,8H,6-7H2,1-2H3. The second kappa shape index (κ2) is 2.68. The second-order valence-electron chi connectivity index (χ2n) is 4.59. The summed E-state index contributed by atoms with van der Waals surface area (Å²) >= 11 is 1.75. The zero-order valence-corrected chi connectivity index (χ0v) is 8.86. The topological polar surface area (TPSA) is 17.1 Å². The Labute approximate surface area is 82.8 Å². The van der Waals surface area contributed by atoms with Crippen LogP contribution in [0.2, 0.25) is 0 Å². The maximum absolute atomic E-state index is 11.0. The second-order valence-corrected chi connectivity index (χ2v) is 5.62. The maximum atomic E-state index is 11.0. The van der Waals surface area contributed by atoms with Gasteiger partial charge in [0.15, 0.2) is 0 Å². The third-order valence-corrected chi connectivity index (χ3v) is 4.15. The number of aldehydes is 1. The van der Waals surface area contributed by atoms with Gasteiger partial charge in [0, 0.05) is 10.3 Å². The number of thiophene rings is 1. The van der Waals surface area contributed by atoms with E-state index < -0.39 is 0 Å². The number of carbonyl (C=O) groups is 1. The Kier molecular flexibility index (Phi) is 1.84. The molecule has 1 aromatic rings. The zero-order chi connectivity index (χ0) is 9.53. The van der Waals surface area contributed by atoms with Crippen molar-refractivity contribution < 1.29 is 4.79 Å². The third-order valence-electron chi connectivity index (χ3n) is 3.28. The average molecular weight is 194 g/mol. The fraction of sp³-hybridized carbons (Fsp3) is 0.545. The molecule has 1 heterocycles. The minimum atomic E-state index is -0.0577. The van der Waals surface area contributed by atoms with E-state index in [1.165, 1.54) is 4.88 Å². The zero-order valence-electron chi connectivity index (χ0n) is 8.04. The summed E-state index contributed by atoms with van der Waals surface area (Å²) in [6, 6.07) is 4.16. The SMILES string of the molecule is CC1(C)CC1(C=O)Cc1cccs1. The van der Waals surface area contributed by atoms with Crippen molar-refractivity contribution in [2.75, 3.05) is 0 Å². The lowest BCUT2D eigenvalue weighted by Crippen LogP contribution is -2.13. The Bertz CT molecular complexity index is 313. The van der Waals surface area contributed by atoms with Crippen molar-refractivity contribution in [3.8, 4) is 0 Å². The maximum Gasteiger partial charge on any atom is 0.127 e. The summed E-state index contributed by atoms with van der Waals surface area (Å²) in [6.07, 6.45) is 3.13. The molecule has 2 heteroatoms. The Morgan fingerprint density at radius 1 is 1.62 bits per heavy atom. The van der Waals surface area contributed by atoms with E-state index in [2.05, 4.69) is 25.3 Å². The van der Waals surface area contributed by atoms with Gasteiger partial charge in [-0.2, -0.15) is 0 Å². The van der Waals surface area contributed by atoms with Crippen molar-refractivity contribution in [2.45, 2.75) is 26.7 Å². The van der Waals surface area contributed by atoms with Crippen molar-refractivity contribution in [1.82, 2.24) is 0 Å². The van der Waals surface area contributed by atoms with Gasteiger partial charge >= 0.3 is 0 Å². The van der Waals surface area contributed by atoms with Crippen molar-refractivity contribution in [2.24, 2.45) is 10.8 Å². The number of hydrogen-bond acceptors (Lipinski definition) is 2. The van der Waals surface area contributed by atoms with E-state index >= 15 is 0 Å². The highest BCUT2D eigenvalue weighted by molar-refractivity contribution is 7.09. The lowest BCUT2D eigenvalue weighted by Gasteiger charge is -2.11. The van der Waals surface area contributed by atoms with E-state index in [0.29, 0.717) is 0 Å². The Morgan fingerprint density at radius 3 is 2.69 bits per heavy atom. The Hall–Kier alpha value is -0.630. The molecule has 1 aliphatic carbocycles. The number of rotatable bonds is 3. The summed E-state index contributed by atoms with van der Waals surface area (Å²) in [5.41, 5.74) is 0.163. The van der Waals surface area contributed by atoms with Gasteiger partial charge in [-0.1, -0.05) is 19.9 Å². The Balaban J connectivity index is 2.14. The molecule has 0 N–H and O–H groups in total. The molecular weight excluding hydrogens is 180 g/mol. The molecule has 0 aliphatic heterocycles. The Morgan fingerprint density at radius 2 is 2.31 bits per heavy atom. The number of carbonyl (C=O) groups excluding carboxylic acids is 1. The highest BCUT2D eigenvalue weighted by atomic mass is 32.1. The number of hydrogen-bond donors (Lipinski definition) is 0. The van der Waals surface area contributed by atoms with Crippen LogP contribution in [0.4, 0.5) is 0 Å². The molecule has 0 saturated heterocycles. The molecule has 0 radical (unpaired) electrons. The predicted molar refractivity (Wildman–Crippen MR) is 54.9 cm³/mol. The molecule has 0 aromatic carbocycles. The van der Waals surface area contributed by atoms with E-state index in [4.69, 9.17) is 0 Å². The van der Waals surface area contributed by atoms with Crippen LogP contribution < -0.4 is 0 Å². The average Bonchev–Trinajstić information content (AvgIpc) is 2.52. The normalized spacial score (nSPS) is 30.0. The molecular formula is C11H14OS. The minimum absolute atomic E-state index is 0.0577. The smallest absolute Gasteiger partial charge is 0.127 e. The van der Waals surface area contributed by atoms with Gasteiger partial charge in [-0.05, 0) is 29.7 Å². The first-order valence-corrected chi connectivity index (χ1v) is 5.46. The van der Waals surface area contributed by atoms with Crippen LogP contribution in [-0.2, 0) is 11.2 Å². The molecule has 1 aromatic heterocycles. The monoisotopic (exact) mass is 194 g/mol. The third kappa shape index (κ3) is 1.33. The van der Waals surface area contributed by atoms with E-state index in [9.17, 15) is 4.79 Å². The van der Waals surface area contributed by atoms with Crippen LogP contribution in [-0.4, -0.2) is 6.29 Å². The van der Waals surface area contributed by atoms with Crippen LogP contribution in [0.3, 0.4) is 0 Å². The lowest BCUT2D eigenvalue weighted by molar-refractivity contribution is -0.113. The summed E-state index contributed by atoms with van der Waals surface area (Å²) in [4.78, 5) is 12.4. The highest BCUT2D eigenvalue weighted by Gasteiger charge is 2.60. The highest BCUT2D eigenvalue weighted by Crippen LogP contribution is 2.63. The first-order valence-electron chi connectivity index (χ1n) is 4.58. The molecule has 2 rings (SSSR count). The summed E-state index contributed by atoms with van der Waals surface area (Å²) in [5.74, 6) is 0. The summed E-state index contributed by atoms with van der Waals surface area (Å²) < 4.78 is 0. The molecule has 0 bridgehead atoms. The fourth-order valence-electron chi connectivity index (χ4n) is 2.01. The van der Waals surface area contributed by atoms with Gasteiger partial charge in [-0.25, -0.2) is 0 Å². The molecule has 1 atom stereocenters.